The van der Waals surface area contributed by atoms with Gasteiger partial charge in [0.1, 0.15) is 5.75 Å². The number of hydrogen-bond acceptors (Lipinski definition) is 2. The molecule has 0 aromatic heterocycles. The summed E-state index contributed by atoms with van der Waals surface area (Å²) in [6, 6.07) is 4.94. The van der Waals surface area contributed by atoms with Gasteiger partial charge in [-0.25, -0.2) is 0 Å². The van der Waals surface area contributed by atoms with Gasteiger partial charge in [0.05, 0.1) is 5.54 Å². The van der Waals surface area contributed by atoms with Crippen LogP contribution >= 0.6 is 11.6 Å². The Bertz CT molecular complexity index is 436. The number of nitrogens with one attached hydrogen (secondary N) is 1. The largest absolute Gasteiger partial charge is 0.508 e. The van der Waals surface area contributed by atoms with E-state index in [1.54, 1.807) is 19.1 Å². The Kier molecular flexibility index (Phi) is 3.29. The highest BCUT2D eigenvalue weighted by Gasteiger charge is 2.37. The number of carbonyl (C=O) groups is 1. The van der Waals surface area contributed by atoms with E-state index < -0.39 is 0 Å². The second-order valence-electron chi connectivity index (χ2n) is 4.72. The van der Waals surface area contributed by atoms with Gasteiger partial charge in [0, 0.05) is 11.4 Å². The fourth-order valence-corrected chi connectivity index (χ4v) is 2.29. The summed E-state index contributed by atoms with van der Waals surface area (Å²) in [5.41, 5.74) is 1.00. The fourth-order valence-electron chi connectivity index (χ4n) is 1.96. The number of halogens is 1. The van der Waals surface area contributed by atoms with Gasteiger partial charge in [0.15, 0.2) is 0 Å². The fraction of sp³-hybridized carbons (Fsp3) is 0.462. The van der Waals surface area contributed by atoms with Gasteiger partial charge < -0.3 is 10.4 Å². The normalized spacial score (nSPS) is 17.3. The van der Waals surface area contributed by atoms with Crippen molar-refractivity contribution in [2.75, 3.05) is 5.88 Å². The highest BCUT2D eigenvalue weighted by molar-refractivity contribution is 6.19. The van der Waals surface area contributed by atoms with E-state index in [2.05, 4.69) is 5.32 Å². The van der Waals surface area contributed by atoms with Crippen LogP contribution in [-0.2, 0) is 0 Å². The van der Waals surface area contributed by atoms with Gasteiger partial charge in [-0.05, 0) is 43.9 Å². The van der Waals surface area contributed by atoms with Crippen molar-refractivity contribution in [2.24, 2.45) is 0 Å². The van der Waals surface area contributed by atoms with Crippen LogP contribution in [0.3, 0.4) is 0 Å². The van der Waals surface area contributed by atoms with Crippen LogP contribution in [0.4, 0.5) is 0 Å². The van der Waals surface area contributed by atoms with Gasteiger partial charge in [0.25, 0.3) is 5.91 Å². The van der Waals surface area contributed by atoms with Gasteiger partial charge in [-0.3, -0.25) is 4.79 Å². The molecule has 0 atom stereocenters. The molecular formula is C13H16ClNO2. The van der Waals surface area contributed by atoms with Crippen LogP contribution in [0, 0.1) is 6.92 Å². The molecule has 1 aromatic carbocycles. The van der Waals surface area contributed by atoms with Crippen LogP contribution in [0.1, 0.15) is 35.2 Å². The molecule has 0 heterocycles. The van der Waals surface area contributed by atoms with Crippen LogP contribution in [0.2, 0.25) is 0 Å². The number of rotatable bonds is 3. The van der Waals surface area contributed by atoms with Crippen molar-refractivity contribution in [3.8, 4) is 5.75 Å². The molecule has 2 N–H and O–H groups in total. The smallest absolute Gasteiger partial charge is 0.251 e. The first-order valence-electron chi connectivity index (χ1n) is 5.74. The van der Waals surface area contributed by atoms with Gasteiger partial charge in [-0.2, -0.15) is 0 Å². The second kappa shape index (κ2) is 4.57. The molecule has 2 rings (SSSR count). The summed E-state index contributed by atoms with van der Waals surface area (Å²) >= 11 is 5.88. The molecule has 1 aliphatic carbocycles. The molecule has 0 saturated heterocycles. The average Bonchev–Trinajstić information content (AvgIpc) is 2.27. The third-order valence-corrected chi connectivity index (χ3v) is 3.93. The minimum Gasteiger partial charge on any atom is -0.508 e. The molecular weight excluding hydrogens is 238 g/mol. The number of phenolic OH excluding ortho intramolecular Hbond substituents is 1. The SMILES string of the molecule is Cc1ccc(C(=O)NC2(CCl)CCC2)cc1O. The minimum absolute atomic E-state index is 0.145. The third kappa shape index (κ3) is 2.39. The number of amides is 1. The van der Waals surface area contributed by atoms with Gasteiger partial charge in [-0.15, -0.1) is 11.6 Å². The van der Waals surface area contributed by atoms with Crippen molar-refractivity contribution < 1.29 is 9.90 Å². The maximum absolute atomic E-state index is 12.0. The van der Waals surface area contributed by atoms with E-state index in [0.717, 1.165) is 24.8 Å². The maximum atomic E-state index is 12.0. The first-order chi connectivity index (χ1) is 8.06. The highest BCUT2D eigenvalue weighted by atomic mass is 35.5. The van der Waals surface area contributed by atoms with Crippen molar-refractivity contribution in [2.45, 2.75) is 31.7 Å². The lowest BCUT2D eigenvalue weighted by Gasteiger charge is -2.41. The Morgan fingerprint density at radius 3 is 2.71 bits per heavy atom. The van der Waals surface area contributed by atoms with Crippen molar-refractivity contribution in [1.29, 1.82) is 0 Å². The molecule has 92 valence electrons. The Hall–Kier alpha value is -1.22. The molecule has 0 radical (unpaired) electrons. The van der Waals surface area contributed by atoms with E-state index in [4.69, 9.17) is 11.6 Å². The van der Waals surface area contributed by atoms with E-state index >= 15 is 0 Å². The summed E-state index contributed by atoms with van der Waals surface area (Å²) in [5.74, 6) is 0.420. The second-order valence-corrected chi connectivity index (χ2v) is 4.99. The summed E-state index contributed by atoms with van der Waals surface area (Å²) in [4.78, 5) is 12.0. The van der Waals surface area contributed by atoms with E-state index in [-0.39, 0.29) is 17.2 Å². The number of alkyl halides is 1. The van der Waals surface area contributed by atoms with Gasteiger partial charge in [0.2, 0.25) is 0 Å². The lowest BCUT2D eigenvalue weighted by atomic mass is 9.78. The third-order valence-electron chi connectivity index (χ3n) is 3.42. The van der Waals surface area contributed by atoms with E-state index in [1.807, 2.05) is 0 Å². The topological polar surface area (TPSA) is 49.3 Å². The number of aryl methyl sites for hydroxylation is 1. The Labute approximate surface area is 106 Å². The molecule has 17 heavy (non-hydrogen) atoms. The number of carbonyl (C=O) groups excluding carboxylic acids is 1. The predicted molar refractivity (Wildman–Crippen MR) is 67.6 cm³/mol. The Morgan fingerprint density at radius 1 is 1.53 bits per heavy atom. The number of phenols is 1. The first kappa shape index (κ1) is 12.2. The average molecular weight is 254 g/mol. The molecule has 0 bridgehead atoms. The Morgan fingerprint density at radius 2 is 2.24 bits per heavy atom. The number of benzene rings is 1. The van der Waals surface area contributed by atoms with Crippen molar-refractivity contribution >= 4 is 17.5 Å². The molecule has 1 aromatic rings. The van der Waals surface area contributed by atoms with Crippen LogP contribution in [0.25, 0.3) is 0 Å². The van der Waals surface area contributed by atoms with Crippen LogP contribution < -0.4 is 5.32 Å². The molecule has 1 aliphatic rings. The zero-order chi connectivity index (χ0) is 12.5. The molecule has 1 saturated carbocycles. The number of aromatic hydroxyl groups is 1. The van der Waals surface area contributed by atoms with Crippen molar-refractivity contribution in [3.05, 3.63) is 29.3 Å². The highest BCUT2D eigenvalue weighted by Crippen LogP contribution is 2.33. The molecule has 0 spiro atoms. The quantitative estimate of drug-likeness (QED) is 0.814. The van der Waals surface area contributed by atoms with Crippen LogP contribution in [0.5, 0.6) is 5.75 Å². The Balaban J connectivity index is 2.11. The summed E-state index contributed by atoms with van der Waals surface area (Å²) < 4.78 is 0. The monoisotopic (exact) mass is 253 g/mol. The summed E-state index contributed by atoms with van der Waals surface area (Å²) in [7, 11) is 0. The summed E-state index contributed by atoms with van der Waals surface area (Å²) in [6.07, 6.45) is 2.96. The zero-order valence-electron chi connectivity index (χ0n) is 9.79. The predicted octanol–water partition coefficient (Wildman–Crippen LogP) is 2.59. The molecule has 0 aliphatic heterocycles. The van der Waals surface area contributed by atoms with E-state index in [1.165, 1.54) is 6.07 Å². The van der Waals surface area contributed by atoms with E-state index in [0.29, 0.717) is 11.4 Å². The van der Waals surface area contributed by atoms with Crippen LogP contribution in [-0.4, -0.2) is 22.4 Å². The molecule has 3 nitrogen and oxygen atoms in total. The van der Waals surface area contributed by atoms with Crippen LogP contribution in [0.15, 0.2) is 18.2 Å². The maximum Gasteiger partial charge on any atom is 0.251 e. The first-order valence-corrected chi connectivity index (χ1v) is 6.28. The standard InChI is InChI=1S/C13H16ClNO2/c1-9-3-4-10(7-11(9)16)12(17)15-13(8-14)5-2-6-13/h3-4,7,16H,2,5-6,8H2,1H3,(H,15,17). The van der Waals surface area contributed by atoms with Crippen molar-refractivity contribution in [3.63, 3.8) is 0 Å². The van der Waals surface area contributed by atoms with E-state index in [9.17, 15) is 9.90 Å². The number of hydrogen-bond donors (Lipinski definition) is 2. The lowest BCUT2D eigenvalue weighted by Crippen LogP contribution is -2.55. The summed E-state index contributed by atoms with van der Waals surface area (Å²) in [5, 5.41) is 12.5. The summed E-state index contributed by atoms with van der Waals surface area (Å²) in [6.45, 7) is 1.79. The molecule has 4 heteroatoms. The zero-order valence-corrected chi connectivity index (χ0v) is 10.5. The van der Waals surface area contributed by atoms with Gasteiger partial charge >= 0.3 is 0 Å². The molecule has 1 fully saturated rings. The molecule has 1 amide bonds. The minimum atomic E-state index is -0.237. The van der Waals surface area contributed by atoms with Crippen molar-refractivity contribution in [1.82, 2.24) is 5.32 Å². The molecule has 0 unspecified atom stereocenters. The lowest BCUT2D eigenvalue weighted by molar-refractivity contribution is 0.0853. The van der Waals surface area contributed by atoms with Gasteiger partial charge in [-0.1, -0.05) is 6.07 Å².